The van der Waals surface area contributed by atoms with Gasteiger partial charge in [0.1, 0.15) is 11.4 Å². The van der Waals surface area contributed by atoms with Crippen LogP contribution in [0.4, 0.5) is 4.79 Å². The Labute approximate surface area is 162 Å². The summed E-state index contributed by atoms with van der Waals surface area (Å²) in [6, 6.07) is 10.7. The lowest BCUT2D eigenvalue weighted by atomic mass is 10.1. The molecule has 1 fully saturated rings. The van der Waals surface area contributed by atoms with Crippen LogP contribution in [0.25, 0.3) is 6.08 Å². The van der Waals surface area contributed by atoms with Crippen LogP contribution in [0.2, 0.25) is 0 Å². The van der Waals surface area contributed by atoms with Crippen molar-refractivity contribution in [3.63, 3.8) is 0 Å². The van der Waals surface area contributed by atoms with Crippen molar-refractivity contribution in [1.29, 1.82) is 0 Å². The maximum absolute atomic E-state index is 12.8. The molecule has 7 heteroatoms. The lowest BCUT2D eigenvalue weighted by Crippen LogP contribution is -2.30. The van der Waals surface area contributed by atoms with Gasteiger partial charge >= 0.3 is 6.03 Å². The maximum atomic E-state index is 12.8. The number of urea groups is 1. The fourth-order valence-electron chi connectivity index (χ4n) is 3.08. The van der Waals surface area contributed by atoms with Crippen molar-refractivity contribution >= 4 is 18.0 Å². The molecule has 0 unspecified atom stereocenters. The number of carbonyl (C=O) groups excluding carboxylic acids is 2. The third-order valence-electron chi connectivity index (χ3n) is 4.53. The van der Waals surface area contributed by atoms with Gasteiger partial charge in [-0.25, -0.2) is 4.79 Å². The fourth-order valence-corrected chi connectivity index (χ4v) is 3.08. The molecule has 2 heterocycles. The summed E-state index contributed by atoms with van der Waals surface area (Å²) >= 11 is 0. The fraction of sp³-hybridized carbons (Fsp3) is 0.238. The number of fused-ring (bicyclic) bond motifs is 1. The van der Waals surface area contributed by atoms with E-state index in [4.69, 9.17) is 14.2 Å². The molecule has 2 aromatic carbocycles. The molecule has 28 heavy (non-hydrogen) atoms. The molecule has 2 aliphatic rings. The van der Waals surface area contributed by atoms with E-state index in [9.17, 15) is 9.59 Å². The standard InChI is InChI=1S/C21H20N2O5/c1-3-26-17-10-19-18(27-12-28-19)9-15(17)8-16-20(24)23(21(25)22-16)11-14-6-4-13(2)5-7-14/h4-10H,3,11-12H2,1-2H3,(H,22,25)/b16-8-. The average Bonchev–Trinajstić information content (AvgIpc) is 3.23. The van der Waals surface area contributed by atoms with Gasteiger partial charge in [0.2, 0.25) is 6.79 Å². The first-order chi connectivity index (χ1) is 13.5. The van der Waals surface area contributed by atoms with Crippen molar-refractivity contribution in [3.8, 4) is 17.2 Å². The number of hydrogen-bond acceptors (Lipinski definition) is 5. The summed E-state index contributed by atoms with van der Waals surface area (Å²) in [7, 11) is 0. The number of amides is 3. The predicted molar refractivity (Wildman–Crippen MR) is 102 cm³/mol. The van der Waals surface area contributed by atoms with Crippen molar-refractivity contribution in [2.24, 2.45) is 0 Å². The number of imide groups is 1. The third-order valence-corrected chi connectivity index (χ3v) is 4.53. The summed E-state index contributed by atoms with van der Waals surface area (Å²) in [5, 5.41) is 2.64. The molecule has 2 aromatic rings. The van der Waals surface area contributed by atoms with Crippen LogP contribution in [0.1, 0.15) is 23.6 Å². The van der Waals surface area contributed by atoms with Crippen molar-refractivity contribution in [1.82, 2.24) is 10.2 Å². The lowest BCUT2D eigenvalue weighted by Gasteiger charge is -2.12. The first-order valence-corrected chi connectivity index (χ1v) is 9.01. The van der Waals surface area contributed by atoms with Crippen LogP contribution in [0.15, 0.2) is 42.1 Å². The van der Waals surface area contributed by atoms with Crippen LogP contribution >= 0.6 is 0 Å². The van der Waals surface area contributed by atoms with Crippen LogP contribution in [-0.4, -0.2) is 30.2 Å². The van der Waals surface area contributed by atoms with E-state index >= 15 is 0 Å². The zero-order chi connectivity index (χ0) is 19.7. The Morgan fingerprint density at radius 1 is 1.14 bits per heavy atom. The van der Waals surface area contributed by atoms with E-state index in [-0.39, 0.29) is 24.9 Å². The molecule has 1 N–H and O–H groups in total. The predicted octanol–water partition coefficient (Wildman–Crippen LogP) is 3.22. The maximum Gasteiger partial charge on any atom is 0.329 e. The number of ether oxygens (including phenoxy) is 3. The Morgan fingerprint density at radius 3 is 2.57 bits per heavy atom. The molecule has 144 valence electrons. The van der Waals surface area contributed by atoms with Gasteiger partial charge in [-0.1, -0.05) is 29.8 Å². The van der Waals surface area contributed by atoms with Gasteiger partial charge < -0.3 is 19.5 Å². The number of nitrogens with one attached hydrogen (secondary N) is 1. The van der Waals surface area contributed by atoms with Crippen LogP contribution in [0.3, 0.4) is 0 Å². The van der Waals surface area contributed by atoms with Gasteiger partial charge in [-0.15, -0.1) is 0 Å². The molecule has 0 saturated carbocycles. The molecular formula is C21H20N2O5. The largest absolute Gasteiger partial charge is 0.493 e. The highest BCUT2D eigenvalue weighted by molar-refractivity contribution is 6.14. The van der Waals surface area contributed by atoms with E-state index in [0.29, 0.717) is 29.4 Å². The molecule has 1 saturated heterocycles. The van der Waals surface area contributed by atoms with E-state index in [2.05, 4.69) is 5.32 Å². The quantitative estimate of drug-likeness (QED) is 0.637. The molecular weight excluding hydrogens is 360 g/mol. The Kier molecular flexibility index (Phi) is 4.65. The highest BCUT2D eigenvalue weighted by Gasteiger charge is 2.34. The topological polar surface area (TPSA) is 77.1 Å². The Bertz CT molecular complexity index is 966. The zero-order valence-electron chi connectivity index (χ0n) is 15.7. The SMILES string of the molecule is CCOc1cc2c(cc1/C=C1\NC(=O)N(Cc3ccc(C)cc3)C1=O)OCO2. The van der Waals surface area contributed by atoms with Gasteiger partial charge in [-0.05, 0) is 31.6 Å². The van der Waals surface area contributed by atoms with Gasteiger partial charge in [0.25, 0.3) is 5.91 Å². The van der Waals surface area contributed by atoms with Gasteiger partial charge in [0.15, 0.2) is 11.5 Å². The molecule has 4 rings (SSSR count). The van der Waals surface area contributed by atoms with Gasteiger partial charge in [-0.3, -0.25) is 9.69 Å². The van der Waals surface area contributed by atoms with E-state index < -0.39 is 6.03 Å². The summed E-state index contributed by atoms with van der Waals surface area (Å²) in [4.78, 5) is 26.3. The first kappa shape index (κ1) is 17.9. The normalized spacial score (nSPS) is 16.6. The van der Waals surface area contributed by atoms with Crippen molar-refractivity contribution < 1.29 is 23.8 Å². The minimum absolute atomic E-state index is 0.140. The number of hydrogen-bond donors (Lipinski definition) is 1. The van der Waals surface area contributed by atoms with E-state index in [1.165, 1.54) is 4.90 Å². The Balaban J connectivity index is 1.61. The van der Waals surface area contributed by atoms with Crippen molar-refractivity contribution in [3.05, 3.63) is 58.8 Å². The number of nitrogens with zero attached hydrogens (tertiary/aromatic N) is 1. The molecule has 0 atom stereocenters. The second-order valence-electron chi connectivity index (χ2n) is 6.54. The zero-order valence-corrected chi connectivity index (χ0v) is 15.7. The number of carbonyl (C=O) groups is 2. The molecule has 3 amide bonds. The van der Waals surface area contributed by atoms with E-state index in [0.717, 1.165) is 11.1 Å². The van der Waals surface area contributed by atoms with Crippen molar-refractivity contribution in [2.45, 2.75) is 20.4 Å². The molecule has 0 radical (unpaired) electrons. The second-order valence-corrected chi connectivity index (χ2v) is 6.54. The van der Waals surface area contributed by atoms with Crippen LogP contribution in [0, 0.1) is 6.92 Å². The summed E-state index contributed by atoms with van der Waals surface area (Å²) in [6.07, 6.45) is 1.60. The highest BCUT2D eigenvalue weighted by atomic mass is 16.7. The number of aryl methyl sites for hydroxylation is 1. The summed E-state index contributed by atoms with van der Waals surface area (Å²) in [5.41, 5.74) is 2.82. The minimum atomic E-state index is -0.449. The molecule has 2 aliphatic heterocycles. The van der Waals surface area contributed by atoms with E-state index in [1.54, 1.807) is 18.2 Å². The Morgan fingerprint density at radius 2 is 1.86 bits per heavy atom. The van der Waals surface area contributed by atoms with Gasteiger partial charge in [0, 0.05) is 11.6 Å². The first-order valence-electron chi connectivity index (χ1n) is 9.01. The average molecular weight is 380 g/mol. The summed E-state index contributed by atoms with van der Waals surface area (Å²) in [5.74, 6) is 1.33. The molecule has 0 spiro atoms. The summed E-state index contributed by atoms with van der Waals surface area (Å²) in [6.45, 7) is 4.66. The third kappa shape index (κ3) is 3.38. The summed E-state index contributed by atoms with van der Waals surface area (Å²) < 4.78 is 16.4. The van der Waals surface area contributed by atoms with Crippen LogP contribution < -0.4 is 19.5 Å². The van der Waals surface area contributed by atoms with Crippen LogP contribution in [0.5, 0.6) is 17.2 Å². The van der Waals surface area contributed by atoms with Crippen molar-refractivity contribution in [2.75, 3.05) is 13.4 Å². The van der Waals surface area contributed by atoms with Gasteiger partial charge in [-0.2, -0.15) is 0 Å². The second kappa shape index (κ2) is 7.26. The molecule has 7 nitrogen and oxygen atoms in total. The molecule has 0 bridgehead atoms. The monoisotopic (exact) mass is 380 g/mol. The number of benzene rings is 2. The van der Waals surface area contributed by atoms with Gasteiger partial charge in [0.05, 0.1) is 13.2 Å². The highest BCUT2D eigenvalue weighted by Crippen LogP contribution is 2.39. The Hall–Kier alpha value is -3.48. The minimum Gasteiger partial charge on any atom is -0.493 e. The number of rotatable bonds is 5. The van der Waals surface area contributed by atoms with E-state index in [1.807, 2.05) is 38.1 Å². The van der Waals surface area contributed by atoms with Crippen LogP contribution in [-0.2, 0) is 11.3 Å². The smallest absolute Gasteiger partial charge is 0.329 e. The molecule has 0 aromatic heterocycles. The molecule has 0 aliphatic carbocycles. The lowest BCUT2D eigenvalue weighted by molar-refractivity contribution is -0.123.